The summed E-state index contributed by atoms with van der Waals surface area (Å²) >= 11 is 0. The standard InChI is InChI=1S/C43H62N6O8/c1-8-12-43(7,9-2)26-39(50)44-13-16-54-17-18-55-19-20-56-21-22-57-29-40(51)48-14-10-33(11-15-48)34-24-35(37-28-46-49(30(3)4)38(37)25-34)41(52)45-27-36-31(5)23-32(6)47-42(36)53/h8,10,23-25,28,30H,1,9,11-22,26-27,29H2,2-7H3,(H,44,50)(H,45,52)(H,47,53). The van der Waals surface area contributed by atoms with Crippen molar-refractivity contribution in [3.05, 3.63) is 81.4 Å². The molecular weight excluding hydrogens is 729 g/mol. The first-order valence-corrected chi connectivity index (χ1v) is 20.0. The molecule has 57 heavy (non-hydrogen) atoms. The maximum Gasteiger partial charge on any atom is 0.253 e. The summed E-state index contributed by atoms with van der Waals surface area (Å²) in [6, 6.07) is 5.90. The number of fused-ring (bicyclic) bond motifs is 1. The van der Waals surface area contributed by atoms with Crippen molar-refractivity contribution >= 4 is 34.2 Å². The molecule has 2 aromatic heterocycles. The average Bonchev–Trinajstić information content (AvgIpc) is 3.62. The van der Waals surface area contributed by atoms with Gasteiger partial charge in [0.1, 0.15) is 6.61 Å². The van der Waals surface area contributed by atoms with Crippen molar-refractivity contribution in [2.75, 3.05) is 72.5 Å². The third-order valence-corrected chi connectivity index (χ3v) is 10.3. The molecule has 1 unspecified atom stereocenters. The van der Waals surface area contributed by atoms with E-state index in [4.69, 9.17) is 18.9 Å². The second-order valence-corrected chi connectivity index (χ2v) is 15.2. The average molecular weight is 791 g/mol. The number of amides is 3. The lowest BCUT2D eigenvalue weighted by Gasteiger charge is -2.27. The fourth-order valence-corrected chi connectivity index (χ4v) is 6.77. The van der Waals surface area contributed by atoms with Crippen molar-refractivity contribution in [2.24, 2.45) is 5.41 Å². The quantitative estimate of drug-likeness (QED) is 0.0834. The molecule has 0 aliphatic carbocycles. The summed E-state index contributed by atoms with van der Waals surface area (Å²) in [6.07, 6.45) is 8.41. The smallest absolute Gasteiger partial charge is 0.253 e. The number of hydrogen-bond donors (Lipinski definition) is 3. The lowest BCUT2D eigenvalue weighted by Crippen LogP contribution is -2.37. The molecule has 0 spiro atoms. The lowest BCUT2D eigenvalue weighted by molar-refractivity contribution is -0.136. The highest BCUT2D eigenvalue weighted by atomic mass is 16.6. The van der Waals surface area contributed by atoms with Crippen LogP contribution in [0.5, 0.6) is 0 Å². The molecule has 0 saturated carbocycles. The second kappa shape index (κ2) is 22.3. The molecule has 0 radical (unpaired) electrons. The van der Waals surface area contributed by atoms with Crippen LogP contribution in [0.25, 0.3) is 16.5 Å². The number of rotatable bonds is 24. The zero-order valence-electron chi connectivity index (χ0n) is 34.7. The fraction of sp³-hybridized carbons (Fsp3) is 0.558. The van der Waals surface area contributed by atoms with Crippen LogP contribution in [0.1, 0.15) is 92.2 Å². The van der Waals surface area contributed by atoms with Gasteiger partial charge in [0.15, 0.2) is 0 Å². The van der Waals surface area contributed by atoms with Crippen LogP contribution in [0.2, 0.25) is 0 Å². The predicted octanol–water partition coefficient (Wildman–Crippen LogP) is 5.03. The van der Waals surface area contributed by atoms with Crippen LogP contribution in [0.15, 0.2) is 47.9 Å². The van der Waals surface area contributed by atoms with Crippen LogP contribution < -0.4 is 16.2 Å². The molecule has 14 nitrogen and oxygen atoms in total. The van der Waals surface area contributed by atoms with E-state index in [-0.39, 0.29) is 54.5 Å². The molecule has 0 bridgehead atoms. The highest BCUT2D eigenvalue weighted by Gasteiger charge is 2.24. The number of carbonyl (C=O) groups is 3. The predicted molar refractivity (Wildman–Crippen MR) is 221 cm³/mol. The molecule has 1 aliphatic heterocycles. The molecule has 0 fully saturated rings. The highest BCUT2D eigenvalue weighted by molar-refractivity contribution is 6.07. The zero-order chi connectivity index (χ0) is 41.4. The summed E-state index contributed by atoms with van der Waals surface area (Å²) in [6.45, 7) is 19.9. The van der Waals surface area contributed by atoms with Crippen LogP contribution in [-0.2, 0) is 35.1 Å². The largest absolute Gasteiger partial charge is 0.377 e. The number of pyridine rings is 1. The Labute approximate surface area is 336 Å². The van der Waals surface area contributed by atoms with Crippen LogP contribution in [0, 0.1) is 19.3 Å². The van der Waals surface area contributed by atoms with Crippen molar-refractivity contribution < 1.29 is 33.3 Å². The van der Waals surface area contributed by atoms with Gasteiger partial charge in [0, 0.05) is 55.3 Å². The third kappa shape index (κ3) is 13.5. The fourth-order valence-electron chi connectivity index (χ4n) is 6.77. The Morgan fingerprint density at radius 3 is 2.30 bits per heavy atom. The first-order chi connectivity index (χ1) is 27.4. The SMILES string of the molecule is C=CCC(C)(CC)CC(=O)NCCOCCOCCOCCOCC(=O)N1CC=C(c2cc(C(=O)NCc3c(C)cc(C)[nH]c3=O)c3cnn(C(C)C)c3c2)CC1. The number of allylic oxidation sites excluding steroid dienone is 1. The van der Waals surface area contributed by atoms with Crippen molar-refractivity contribution in [1.29, 1.82) is 0 Å². The van der Waals surface area contributed by atoms with Crippen LogP contribution in [0.3, 0.4) is 0 Å². The van der Waals surface area contributed by atoms with Crippen molar-refractivity contribution in [2.45, 2.75) is 79.8 Å². The third-order valence-electron chi connectivity index (χ3n) is 10.3. The van der Waals surface area contributed by atoms with Gasteiger partial charge < -0.3 is 39.5 Å². The molecule has 3 amide bonds. The molecule has 4 rings (SSSR count). The number of ether oxygens (including phenoxy) is 4. The van der Waals surface area contributed by atoms with Gasteiger partial charge in [0.25, 0.3) is 11.5 Å². The molecule has 1 aromatic carbocycles. The number of aryl methyl sites for hydroxylation is 2. The van der Waals surface area contributed by atoms with Gasteiger partial charge >= 0.3 is 0 Å². The monoisotopic (exact) mass is 790 g/mol. The molecule has 1 aliphatic rings. The summed E-state index contributed by atoms with van der Waals surface area (Å²) < 4.78 is 24.1. The van der Waals surface area contributed by atoms with E-state index in [0.29, 0.717) is 83.2 Å². The number of hydrogen-bond acceptors (Lipinski definition) is 9. The van der Waals surface area contributed by atoms with E-state index in [2.05, 4.69) is 47.2 Å². The van der Waals surface area contributed by atoms with Gasteiger partial charge in [-0.05, 0) is 87.3 Å². The summed E-state index contributed by atoms with van der Waals surface area (Å²) in [4.78, 5) is 55.9. The van der Waals surface area contributed by atoms with Crippen LogP contribution in [0.4, 0.5) is 0 Å². The normalized spacial score (nSPS) is 14.1. The van der Waals surface area contributed by atoms with Crippen molar-refractivity contribution in [3.63, 3.8) is 0 Å². The minimum Gasteiger partial charge on any atom is -0.377 e. The van der Waals surface area contributed by atoms with Gasteiger partial charge in [0.05, 0.1) is 63.5 Å². The number of nitrogens with zero attached hydrogens (tertiary/aromatic N) is 3. The van der Waals surface area contributed by atoms with E-state index >= 15 is 0 Å². The first-order valence-electron chi connectivity index (χ1n) is 20.0. The molecule has 1 atom stereocenters. The summed E-state index contributed by atoms with van der Waals surface area (Å²) in [7, 11) is 0. The Morgan fingerprint density at radius 2 is 1.68 bits per heavy atom. The molecule has 3 N–H and O–H groups in total. The Bertz CT molecular complexity index is 1920. The highest BCUT2D eigenvalue weighted by Crippen LogP contribution is 2.31. The van der Waals surface area contributed by atoms with Gasteiger partial charge in [-0.15, -0.1) is 6.58 Å². The van der Waals surface area contributed by atoms with Gasteiger partial charge in [-0.1, -0.05) is 26.0 Å². The number of aromatic amines is 1. The second-order valence-electron chi connectivity index (χ2n) is 15.2. The number of aromatic nitrogens is 3. The summed E-state index contributed by atoms with van der Waals surface area (Å²) in [5.74, 6) is -0.368. The van der Waals surface area contributed by atoms with E-state index in [9.17, 15) is 19.2 Å². The van der Waals surface area contributed by atoms with Crippen LogP contribution in [-0.4, -0.2) is 110 Å². The molecular formula is C43H62N6O8. The molecule has 3 aromatic rings. The molecule has 14 heteroatoms. The number of benzene rings is 1. The van der Waals surface area contributed by atoms with Gasteiger partial charge in [0.2, 0.25) is 11.8 Å². The van der Waals surface area contributed by atoms with Crippen molar-refractivity contribution in [3.8, 4) is 0 Å². The maximum absolute atomic E-state index is 13.6. The first kappa shape index (κ1) is 45.1. The number of carbonyl (C=O) groups excluding carboxylic acids is 3. The number of H-pyrrole nitrogens is 1. The molecule has 312 valence electrons. The van der Waals surface area contributed by atoms with E-state index in [0.717, 1.165) is 46.1 Å². The van der Waals surface area contributed by atoms with Gasteiger partial charge in [-0.25, -0.2) is 0 Å². The van der Waals surface area contributed by atoms with E-state index in [1.807, 2.05) is 56.7 Å². The van der Waals surface area contributed by atoms with Crippen molar-refractivity contribution in [1.82, 2.24) is 30.3 Å². The molecule has 3 heterocycles. The Kier molecular flexibility index (Phi) is 17.7. The maximum atomic E-state index is 13.6. The topological polar surface area (TPSA) is 166 Å². The Hall–Kier alpha value is -4.63. The summed E-state index contributed by atoms with van der Waals surface area (Å²) in [5.41, 5.74) is 5.09. The van der Waals surface area contributed by atoms with Gasteiger partial charge in [-0.2, -0.15) is 5.10 Å². The van der Waals surface area contributed by atoms with E-state index in [1.54, 1.807) is 11.1 Å². The minimum atomic E-state index is -0.290. The van der Waals surface area contributed by atoms with E-state index < -0.39 is 0 Å². The zero-order valence-corrected chi connectivity index (χ0v) is 34.7. The van der Waals surface area contributed by atoms with Gasteiger partial charge in [-0.3, -0.25) is 23.9 Å². The lowest BCUT2D eigenvalue weighted by atomic mass is 9.80. The Morgan fingerprint density at radius 1 is 1.00 bits per heavy atom. The minimum absolute atomic E-state index is 0.0241. The number of nitrogens with one attached hydrogen (secondary N) is 3. The Balaban J connectivity index is 1.14. The summed E-state index contributed by atoms with van der Waals surface area (Å²) in [5, 5.41) is 11.2. The molecule has 0 saturated heterocycles. The van der Waals surface area contributed by atoms with Crippen LogP contribution >= 0.6 is 0 Å². The van der Waals surface area contributed by atoms with E-state index in [1.165, 1.54) is 0 Å².